The van der Waals surface area contributed by atoms with Gasteiger partial charge in [0.25, 0.3) is 0 Å². The lowest BCUT2D eigenvalue weighted by Crippen LogP contribution is -2.55. The predicted octanol–water partition coefficient (Wildman–Crippen LogP) is 5.74. The van der Waals surface area contributed by atoms with E-state index in [0.29, 0.717) is 19.3 Å². The average molecular weight is 567 g/mol. The van der Waals surface area contributed by atoms with Gasteiger partial charge in [-0.1, -0.05) is 48.0 Å². The first-order valence-corrected chi connectivity index (χ1v) is 14.1. The van der Waals surface area contributed by atoms with E-state index < -0.39 is 50.2 Å². The third-order valence-electron chi connectivity index (χ3n) is 7.05. The number of aryl methyl sites for hydroxylation is 2. The Hall–Kier alpha value is -2.79. The van der Waals surface area contributed by atoms with Gasteiger partial charge in [0.2, 0.25) is 10.0 Å². The summed E-state index contributed by atoms with van der Waals surface area (Å²) in [5, 5.41) is 11.1. The van der Waals surface area contributed by atoms with Crippen LogP contribution in [0, 0.1) is 0 Å². The number of fused-ring (bicyclic) bond motifs is 2. The molecule has 3 aromatic rings. The fraction of sp³-hybridized carbons (Fsp3) is 0.333. The second-order valence-corrected chi connectivity index (χ2v) is 11.6. The summed E-state index contributed by atoms with van der Waals surface area (Å²) in [7, 11) is -4.26. The number of aliphatic hydroxyl groups excluding tert-OH is 1. The maximum Gasteiger partial charge on any atom is 0.573 e. The predicted molar refractivity (Wildman–Crippen MR) is 138 cm³/mol. The second kappa shape index (κ2) is 10.4. The lowest BCUT2D eigenvalue weighted by atomic mass is 9.86. The number of anilines is 2. The molecule has 1 heterocycles. The van der Waals surface area contributed by atoms with Crippen LogP contribution in [0.2, 0.25) is 5.02 Å². The van der Waals surface area contributed by atoms with Crippen LogP contribution in [-0.4, -0.2) is 38.1 Å². The molecule has 0 bridgehead atoms. The molecule has 38 heavy (non-hydrogen) atoms. The molecular weight excluding hydrogens is 541 g/mol. The highest BCUT2D eigenvalue weighted by molar-refractivity contribution is 7.89. The third kappa shape index (κ3) is 5.49. The maximum absolute atomic E-state index is 13.2. The average Bonchev–Trinajstić information content (AvgIpc) is 3.01. The second-order valence-electron chi connectivity index (χ2n) is 9.48. The number of aliphatic hydroxyl groups is 1. The van der Waals surface area contributed by atoms with E-state index >= 15 is 0 Å². The van der Waals surface area contributed by atoms with Crippen molar-refractivity contribution in [3.05, 3.63) is 82.9 Å². The largest absolute Gasteiger partial charge is 0.573 e. The van der Waals surface area contributed by atoms with Gasteiger partial charge >= 0.3 is 6.36 Å². The number of alkyl halides is 3. The Morgan fingerprint density at radius 3 is 2.13 bits per heavy atom. The summed E-state index contributed by atoms with van der Waals surface area (Å²) in [5.74, 6) is -0.627. The zero-order chi connectivity index (χ0) is 27.1. The van der Waals surface area contributed by atoms with Crippen LogP contribution in [0.3, 0.4) is 0 Å². The fourth-order valence-electron chi connectivity index (χ4n) is 5.40. The van der Waals surface area contributed by atoms with Gasteiger partial charge in [0.05, 0.1) is 23.2 Å². The van der Waals surface area contributed by atoms with Gasteiger partial charge in [0.1, 0.15) is 10.6 Å². The monoisotopic (exact) mass is 566 g/mol. The minimum Gasteiger partial charge on any atom is -0.406 e. The lowest BCUT2D eigenvalue weighted by Gasteiger charge is -2.43. The van der Waals surface area contributed by atoms with Crippen molar-refractivity contribution in [2.75, 3.05) is 4.90 Å². The van der Waals surface area contributed by atoms with Crippen LogP contribution in [0.1, 0.15) is 30.4 Å². The van der Waals surface area contributed by atoms with Crippen LogP contribution in [0.15, 0.2) is 71.6 Å². The molecule has 1 aliphatic carbocycles. The summed E-state index contributed by atoms with van der Waals surface area (Å²) in [4.78, 5) is 1.73. The number of hydrogen-bond donors (Lipinski definition) is 2. The molecule has 0 saturated heterocycles. The summed E-state index contributed by atoms with van der Waals surface area (Å²) < 4.78 is 70.4. The van der Waals surface area contributed by atoms with Gasteiger partial charge < -0.3 is 14.7 Å². The maximum atomic E-state index is 13.2. The van der Waals surface area contributed by atoms with Gasteiger partial charge in [-0.25, -0.2) is 13.1 Å². The number of nitrogens with zero attached hydrogens (tertiary/aromatic N) is 1. The molecule has 202 valence electrons. The summed E-state index contributed by atoms with van der Waals surface area (Å²) in [5.41, 5.74) is 4.25. The number of rotatable bonds is 5. The Labute approximate surface area is 224 Å². The Bertz CT molecular complexity index is 1390. The molecule has 3 aromatic carbocycles. The van der Waals surface area contributed by atoms with Gasteiger partial charge in [-0.2, -0.15) is 0 Å². The van der Waals surface area contributed by atoms with E-state index in [9.17, 15) is 26.7 Å². The smallest absolute Gasteiger partial charge is 0.406 e. The summed E-state index contributed by atoms with van der Waals surface area (Å²) in [6, 6.07) is 17.4. The molecule has 0 aromatic heterocycles. The first-order chi connectivity index (χ1) is 18.0. The van der Waals surface area contributed by atoms with Gasteiger partial charge in [-0.05, 0) is 67.5 Å². The SMILES string of the molecule is O=S(=O)(NC1CCCC(N2c3ccccc3CCc3ccccc32)C1O)c1ccc(OC(F)(F)F)cc1Cl. The highest BCUT2D eigenvalue weighted by Gasteiger charge is 2.40. The van der Waals surface area contributed by atoms with Crippen molar-refractivity contribution in [2.24, 2.45) is 0 Å². The van der Waals surface area contributed by atoms with E-state index in [1.54, 1.807) is 0 Å². The van der Waals surface area contributed by atoms with E-state index in [2.05, 4.69) is 26.5 Å². The summed E-state index contributed by atoms with van der Waals surface area (Å²) >= 11 is 6.04. The molecule has 0 amide bonds. The number of ether oxygens (including phenoxy) is 1. The Morgan fingerprint density at radius 1 is 0.947 bits per heavy atom. The standard InChI is InChI=1S/C27H26ClF3N2O4S/c28-20-16-19(37-27(29,30)31)14-15-25(20)38(35,36)32-21-8-5-11-24(26(21)34)33-22-9-3-1-6-17(22)12-13-18-7-2-4-10-23(18)33/h1-4,6-7,9-10,14-16,21,24,26,32,34H,5,8,11-13H2. The number of sulfonamides is 1. The van der Waals surface area contributed by atoms with Crippen LogP contribution in [0.25, 0.3) is 0 Å². The van der Waals surface area contributed by atoms with E-state index in [-0.39, 0.29) is 0 Å². The Kier molecular flexibility index (Phi) is 7.34. The van der Waals surface area contributed by atoms with Crippen LogP contribution < -0.4 is 14.4 Å². The quantitative estimate of drug-likeness (QED) is 0.412. The first kappa shape index (κ1) is 26.8. The van der Waals surface area contributed by atoms with Gasteiger partial charge in [-0.15, -0.1) is 13.2 Å². The minimum absolute atomic E-state index is 0.390. The normalized spacial score (nSPS) is 21.8. The van der Waals surface area contributed by atoms with Crippen molar-refractivity contribution >= 4 is 33.0 Å². The molecule has 3 unspecified atom stereocenters. The molecular formula is C27H26ClF3N2O4S. The van der Waals surface area contributed by atoms with Gasteiger partial charge in [0, 0.05) is 17.4 Å². The molecule has 1 aliphatic heterocycles. The van der Waals surface area contributed by atoms with Crippen LogP contribution in [0.4, 0.5) is 24.5 Å². The number of hydrogen-bond acceptors (Lipinski definition) is 5. The molecule has 0 spiro atoms. The zero-order valence-electron chi connectivity index (χ0n) is 20.2. The van der Waals surface area contributed by atoms with Gasteiger partial charge in [-0.3, -0.25) is 0 Å². The van der Waals surface area contributed by atoms with E-state index in [4.69, 9.17) is 11.6 Å². The molecule has 6 nitrogen and oxygen atoms in total. The summed E-state index contributed by atoms with van der Waals surface area (Å²) in [6.07, 6.45) is -2.63. The zero-order valence-corrected chi connectivity index (χ0v) is 21.7. The minimum atomic E-state index is -4.94. The Balaban J connectivity index is 1.43. The number of halogens is 4. The van der Waals surface area contributed by atoms with Crippen molar-refractivity contribution in [3.8, 4) is 5.75 Å². The molecule has 3 atom stereocenters. The highest BCUT2D eigenvalue weighted by Crippen LogP contribution is 2.41. The van der Waals surface area contributed by atoms with Crippen molar-refractivity contribution < 1.29 is 31.4 Å². The highest BCUT2D eigenvalue weighted by atomic mass is 35.5. The molecule has 5 rings (SSSR count). The van der Waals surface area contributed by atoms with E-state index in [1.807, 2.05) is 36.4 Å². The van der Waals surface area contributed by atoms with Crippen molar-refractivity contribution in [1.82, 2.24) is 4.72 Å². The third-order valence-corrected chi connectivity index (χ3v) is 9.02. The number of para-hydroxylation sites is 2. The first-order valence-electron chi connectivity index (χ1n) is 12.2. The fourth-order valence-corrected chi connectivity index (χ4v) is 7.22. The molecule has 2 N–H and O–H groups in total. The molecule has 1 fully saturated rings. The van der Waals surface area contributed by atoms with Crippen LogP contribution >= 0.6 is 11.6 Å². The number of benzene rings is 3. The van der Waals surface area contributed by atoms with Crippen LogP contribution in [0.5, 0.6) is 5.75 Å². The molecule has 11 heteroatoms. The van der Waals surface area contributed by atoms with Crippen LogP contribution in [-0.2, 0) is 22.9 Å². The van der Waals surface area contributed by atoms with E-state index in [0.717, 1.165) is 53.5 Å². The van der Waals surface area contributed by atoms with Crippen molar-refractivity contribution in [3.63, 3.8) is 0 Å². The molecule has 1 saturated carbocycles. The summed E-state index contributed by atoms with van der Waals surface area (Å²) in [6.45, 7) is 0. The van der Waals surface area contributed by atoms with Crippen molar-refractivity contribution in [2.45, 2.75) is 61.5 Å². The number of nitrogens with one attached hydrogen (secondary N) is 1. The Morgan fingerprint density at radius 2 is 1.55 bits per heavy atom. The van der Waals surface area contributed by atoms with Gasteiger partial charge in [0.15, 0.2) is 0 Å². The topological polar surface area (TPSA) is 78.9 Å². The lowest BCUT2D eigenvalue weighted by molar-refractivity contribution is -0.274. The van der Waals surface area contributed by atoms with E-state index in [1.165, 1.54) is 0 Å². The molecule has 2 aliphatic rings. The molecule has 0 radical (unpaired) electrons. The van der Waals surface area contributed by atoms with Crippen molar-refractivity contribution in [1.29, 1.82) is 0 Å².